The zero-order valence-corrected chi connectivity index (χ0v) is 35.6. The van der Waals surface area contributed by atoms with Crippen molar-refractivity contribution in [2.24, 2.45) is 112 Å². The van der Waals surface area contributed by atoms with Crippen molar-refractivity contribution < 1.29 is 0 Å². The van der Waals surface area contributed by atoms with Gasteiger partial charge in [0.1, 0.15) is 0 Å². The molecule has 0 spiro atoms. The number of fused-ring (bicyclic) bond motifs is 2. The van der Waals surface area contributed by atoms with E-state index in [1.807, 2.05) is 0 Å². The van der Waals surface area contributed by atoms with Crippen molar-refractivity contribution in [1.82, 2.24) is 0 Å². The van der Waals surface area contributed by atoms with Gasteiger partial charge in [0.05, 0.1) is 0 Å². The van der Waals surface area contributed by atoms with E-state index in [9.17, 15) is 0 Å². The topological polar surface area (TPSA) is 0 Å². The molecule has 0 aromatic heterocycles. The van der Waals surface area contributed by atoms with Gasteiger partial charge in [0.25, 0.3) is 0 Å². The summed E-state index contributed by atoms with van der Waals surface area (Å²) in [4.78, 5) is 0. The fourth-order valence-electron chi connectivity index (χ4n) is 18.0. The molecule has 0 bridgehead atoms. The lowest BCUT2D eigenvalue weighted by molar-refractivity contribution is -0.0924. The van der Waals surface area contributed by atoms with Crippen LogP contribution in [0.4, 0.5) is 0 Å². The van der Waals surface area contributed by atoms with Gasteiger partial charge >= 0.3 is 0 Å². The van der Waals surface area contributed by atoms with Crippen molar-refractivity contribution in [3.8, 4) is 0 Å². The first kappa shape index (κ1) is 39.3. The molecule has 0 aromatic rings. The smallest absolute Gasteiger partial charge is 0.0205 e. The van der Waals surface area contributed by atoms with Gasteiger partial charge in [-0.1, -0.05) is 90.7 Å². The highest BCUT2D eigenvalue weighted by Crippen LogP contribution is 2.64. The minimum Gasteiger partial charge on any atom is -0.103 e. The van der Waals surface area contributed by atoms with Crippen molar-refractivity contribution in [1.29, 1.82) is 0 Å². The minimum atomic E-state index is 0.807. The predicted molar refractivity (Wildman–Crippen MR) is 228 cm³/mol. The second-order valence-corrected chi connectivity index (χ2v) is 22.4. The van der Waals surface area contributed by atoms with E-state index in [-0.39, 0.29) is 0 Å². The summed E-state index contributed by atoms with van der Waals surface area (Å²) in [5, 5.41) is 0. The highest BCUT2D eigenvalue weighted by molar-refractivity contribution is 5.05. The second kappa shape index (κ2) is 18.0. The fourth-order valence-corrected chi connectivity index (χ4v) is 18.0. The maximum absolute atomic E-state index is 4.29. The SMILES string of the molecule is C=CC1CCCC1C(C)CCCC(C)C1CCC(C2C3CCCCC3C(C3CCC(C4CCCC(C5CCCC5C=C)C4C)CC3)C3CCCC32)CC1. The summed E-state index contributed by atoms with van der Waals surface area (Å²) in [5.41, 5.74) is 0. The summed E-state index contributed by atoms with van der Waals surface area (Å²) in [7, 11) is 0. The molecule has 0 aliphatic heterocycles. The molecule has 0 N–H and O–H groups in total. The molecule has 8 fully saturated rings. The zero-order chi connectivity index (χ0) is 36.5. The molecular weight excluding hydrogens is 637 g/mol. The second-order valence-electron chi connectivity index (χ2n) is 22.4. The van der Waals surface area contributed by atoms with Gasteiger partial charge in [-0.2, -0.15) is 0 Å². The van der Waals surface area contributed by atoms with Gasteiger partial charge in [-0.25, -0.2) is 0 Å². The Hall–Kier alpha value is -0.520. The quantitative estimate of drug-likeness (QED) is 0.176. The highest BCUT2D eigenvalue weighted by Gasteiger charge is 2.56. The van der Waals surface area contributed by atoms with E-state index in [2.05, 4.69) is 46.1 Å². The summed E-state index contributed by atoms with van der Waals surface area (Å²) in [6.07, 6.45) is 46.2. The lowest BCUT2D eigenvalue weighted by atomic mass is 9.47. The van der Waals surface area contributed by atoms with Crippen LogP contribution in [0, 0.1) is 112 Å². The molecule has 15 atom stereocenters. The van der Waals surface area contributed by atoms with Crippen LogP contribution in [0.25, 0.3) is 0 Å². The largest absolute Gasteiger partial charge is 0.103 e. The average molecular weight is 725 g/mol. The molecule has 0 radical (unpaired) electrons. The maximum Gasteiger partial charge on any atom is -0.0205 e. The molecule has 8 saturated carbocycles. The van der Waals surface area contributed by atoms with E-state index in [4.69, 9.17) is 0 Å². The molecule has 0 heteroatoms. The van der Waals surface area contributed by atoms with Crippen LogP contribution in [0.5, 0.6) is 0 Å². The van der Waals surface area contributed by atoms with Gasteiger partial charge in [-0.15, -0.1) is 13.2 Å². The molecule has 15 unspecified atom stereocenters. The Morgan fingerprint density at radius 3 is 1.51 bits per heavy atom. The van der Waals surface area contributed by atoms with Crippen molar-refractivity contribution in [2.75, 3.05) is 0 Å². The van der Waals surface area contributed by atoms with Crippen molar-refractivity contribution >= 4 is 0 Å². The molecule has 8 aliphatic rings. The third-order valence-corrected chi connectivity index (χ3v) is 20.5. The molecule has 0 saturated heterocycles. The zero-order valence-electron chi connectivity index (χ0n) is 35.6. The Bertz CT molecular complexity index is 1150. The number of hydrogen-bond donors (Lipinski definition) is 0. The Morgan fingerprint density at radius 1 is 0.434 bits per heavy atom. The normalized spacial score (nSPS) is 48.8. The predicted octanol–water partition coefficient (Wildman–Crippen LogP) is 15.8. The third kappa shape index (κ3) is 8.13. The molecule has 8 aliphatic carbocycles. The van der Waals surface area contributed by atoms with E-state index in [0.29, 0.717) is 0 Å². The monoisotopic (exact) mass is 725 g/mol. The lowest BCUT2D eigenvalue weighted by Crippen LogP contribution is -2.51. The maximum atomic E-state index is 4.29. The Kier molecular flexibility index (Phi) is 13.3. The van der Waals surface area contributed by atoms with E-state index in [1.54, 1.807) is 103 Å². The first-order valence-corrected chi connectivity index (χ1v) is 25.2. The number of rotatable bonds is 12. The Balaban J connectivity index is 0.854. The fraction of sp³-hybridized carbons (Fsp3) is 0.925. The first-order valence-electron chi connectivity index (χ1n) is 25.2. The van der Waals surface area contributed by atoms with Crippen LogP contribution in [-0.4, -0.2) is 0 Å². The molecule has 0 amide bonds. The average Bonchev–Trinajstić information content (AvgIpc) is 3.99. The molecule has 0 heterocycles. The highest BCUT2D eigenvalue weighted by atomic mass is 14.6. The van der Waals surface area contributed by atoms with Crippen molar-refractivity contribution in [3.63, 3.8) is 0 Å². The Morgan fingerprint density at radius 2 is 0.887 bits per heavy atom. The Labute approximate surface area is 330 Å². The van der Waals surface area contributed by atoms with Gasteiger partial charge in [-0.05, 0) is 228 Å². The standard InChI is InChI=1S/C53H88/c1-6-38-17-11-21-44(38)36(4)16-10-15-35(3)40-27-31-42(32-28-40)52-48-19-8-9-20-49(48)53(51-26-14-25-50(51)52)43-33-29-41(30-34-43)45-22-13-23-46(37(45)5)47-24-12-18-39(47)7-2/h6-7,35-53H,1-2,8-34H2,3-5H3. The molecule has 53 heavy (non-hydrogen) atoms. The summed E-state index contributed by atoms with van der Waals surface area (Å²) in [6, 6.07) is 0. The lowest BCUT2D eigenvalue weighted by Gasteiger charge is -2.58. The van der Waals surface area contributed by atoms with Crippen LogP contribution < -0.4 is 0 Å². The van der Waals surface area contributed by atoms with Gasteiger partial charge in [0.15, 0.2) is 0 Å². The van der Waals surface area contributed by atoms with Crippen LogP contribution >= 0.6 is 0 Å². The molecule has 0 aromatic carbocycles. The number of hydrogen-bond acceptors (Lipinski definition) is 0. The van der Waals surface area contributed by atoms with Gasteiger partial charge in [-0.3, -0.25) is 0 Å². The van der Waals surface area contributed by atoms with Crippen LogP contribution in [0.1, 0.15) is 194 Å². The molecule has 0 nitrogen and oxygen atoms in total. The van der Waals surface area contributed by atoms with Gasteiger partial charge in [0, 0.05) is 0 Å². The summed E-state index contributed by atoms with van der Waals surface area (Å²) in [6.45, 7) is 16.4. The third-order valence-electron chi connectivity index (χ3n) is 20.5. The van der Waals surface area contributed by atoms with E-state index < -0.39 is 0 Å². The first-order chi connectivity index (χ1) is 26.0. The summed E-state index contributed by atoms with van der Waals surface area (Å²) >= 11 is 0. The van der Waals surface area contributed by atoms with Crippen LogP contribution in [-0.2, 0) is 0 Å². The summed E-state index contributed by atoms with van der Waals surface area (Å²) < 4.78 is 0. The van der Waals surface area contributed by atoms with E-state index in [0.717, 1.165) is 112 Å². The van der Waals surface area contributed by atoms with Gasteiger partial charge in [0.2, 0.25) is 0 Å². The molecule has 8 rings (SSSR count). The van der Waals surface area contributed by atoms with Crippen LogP contribution in [0.2, 0.25) is 0 Å². The van der Waals surface area contributed by atoms with E-state index >= 15 is 0 Å². The van der Waals surface area contributed by atoms with Crippen molar-refractivity contribution in [2.45, 2.75) is 194 Å². The van der Waals surface area contributed by atoms with Crippen LogP contribution in [0.3, 0.4) is 0 Å². The van der Waals surface area contributed by atoms with Gasteiger partial charge < -0.3 is 0 Å². The molecular formula is C53H88. The van der Waals surface area contributed by atoms with Crippen molar-refractivity contribution in [3.05, 3.63) is 25.3 Å². The molecule has 300 valence electrons. The summed E-state index contributed by atoms with van der Waals surface area (Å²) in [5.74, 6) is 19.2. The van der Waals surface area contributed by atoms with E-state index in [1.165, 1.54) is 70.6 Å². The number of allylic oxidation sites excluding steroid dienone is 2. The van der Waals surface area contributed by atoms with Crippen LogP contribution in [0.15, 0.2) is 25.3 Å². The minimum absolute atomic E-state index is 0.807.